The van der Waals surface area contributed by atoms with Crippen LogP contribution in [0.15, 0.2) is 18.2 Å². The van der Waals surface area contributed by atoms with Crippen LogP contribution < -0.4 is 10.1 Å². The number of rotatable bonds is 7. The molecule has 0 spiro atoms. The molecule has 0 saturated heterocycles. The molecule has 0 heterocycles. The lowest BCUT2D eigenvalue weighted by atomic mass is 9.94. The van der Waals surface area contributed by atoms with Crippen molar-refractivity contribution in [1.82, 2.24) is 5.32 Å². The van der Waals surface area contributed by atoms with Crippen LogP contribution in [-0.4, -0.2) is 29.6 Å². The minimum Gasteiger partial charge on any atom is -0.481 e. The molecule has 0 radical (unpaired) electrons. The average Bonchev–Trinajstić information content (AvgIpc) is 2.46. The van der Waals surface area contributed by atoms with Gasteiger partial charge < -0.3 is 15.2 Å². The zero-order valence-corrected chi connectivity index (χ0v) is 14.8. The van der Waals surface area contributed by atoms with Crippen LogP contribution in [0.1, 0.15) is 51.7 Å². The normalized spacial score (nSPS) is 12.8. The van der Waals surface area contributed by atoms with Gasteiger partial charge in [0.2, 0.25) is 0 Å². The Morgan fingerprint density at radius 1 is 1.26 bits per heavy atom. The van der Waals surface area contributed by atoms with Gasteiger partial charge >= 0.3 is 5.97 Å². The van der Waals surface area contributed by atoms with E-state index in [-0.39, 0.29) is 12.5 Å². The molecule has 2 N–H and O–H groups in total. The third-order valence-corrected chi connectivity index (χ3v) is 3.84. The summed E-state index contributed by atoms with van der Waals surface area (Å²) in [4.78, 5) is 23.2. The smallest absolute Gasteiger partial charge is 0.310 e. The first-order valence-electron chi connectivity index (χ1n) is 7.83. The molecule has 5 nitrogen and oxygen atoms in total. The summed E-state index contributed by atoms with van der Waals surface area (Å²) in [5.74, 6) is -0.227. The molecule has 128 valence electrons. The van der Waals surface area contributed by atoms with E-state index in [4.69, 9.17) is 9.84 Å². The molecule has 0 aliphatic heterocycles. The van der Waals surface area contributed by atoms with E-state index in [9.17, 15) is 9.59 Å². The molecule has 0 aromatic heterocycles. The van der Waals surface area contributed by atoms with Gasteiger partial charge in [0.05, 0.1) is 5.41 Å². The number of nitrogens with one attached hydrogen (secondary N) is 1. The Kier molecular flexibility index (Phi) is 6.19. The van der Waals surface area contributed by atoms with Crippen molar-refractivity contribution in [2.24, 2.45) is 5.41 Å². The van der Waals surface area contributed by atoms with E-state index in [1.54, 1.807) is 20.8 Å². The summed E-state index contributed by atoms with van der Waals surface area (Å²) < 4.78 is 5.76. The molecular formula is C18H27NO4. The molecule has 0 bridgehead atoms. The van der Waals surface area contributed by atoms with Gasteiger partial charge in [-0.2, -0.15) is 0 Å². The Balaban J connectivity index is 2.72. The third-order valence-electron chi connectivity index (χ3n) is 3.84. The van der Waals surface area contributed by atoms with Gasteiger partial charge in [-0.3, -0.25) is 9.59 Å². The van der Waals surface area contributed by atoms with E-state index in [0.717, 1.165) is 11.1 Å². The maximum Gasteiger partial charge on any atom is 0.310 e. The summed E-state index contributed by atoms with van der Waals surface area (Å²) in [5, 5.41) is 11.7. The number of carboxylic acid groups (broad SMARTS) is 1. The Bertz CT molecular complexity index is 578. The highest BCUT2D eigenvalue weighted by Crippen LogP contribution is 2.25. The number of benzene rings is 1. The van der Waals surface area contributed by atoms with Gasteiger partial charge in [-0.05, 0) is 50.8 Å². The highest BCUT2D eigenvalue weighted by molar-refractivity contribution is 5.82. The number of carbonyl (C=O) groups excluding carboxylic acids is 1. The number of amides is 1. The van der Waals surface area contributed by atoms with Crippen molar-refractivity contribution >= 4 is 11.9 Å². The summed E-state index contributed by atoms with van der Waals surface area (Å²) >= 11 is 0. The Morgan fingerprint density at radius 3 is 2.39 bits per heavy atom. The number of carbonyl (C=O) groups is 2. The topological polar surface area (TPSA) is 75.6 Å². The van der Waals surface area contributed by atoms with E-state index in [1.165, 1.54) is 0 Å². The first kappa shape index (κ1) is 19.0. The standard InChI is InChI=1S/C18H27NO4/c1-11(2)14-8-7-12(3)15(9-14)23-13(4)16(20)19-10-18(5,6)17(21)22/h7-9,11,13H,10H2,1-6H3,(H,19,20)(H,21,22). The highest BCUT2D eigenvalue weighted by atomic mass is 16.5. The van der Waals surface area contributed by atoms with Crippen molar-refractivity contribution in [3.05, 3.63) is 29.3 Å². The fourth-order valence-corrected chi connectivity index (χ4v) is 1.87. The van der Waals surface area contributed by atoms with Crippen molar-refractivity contribution in [3.8, 4) is 5.75 Å². The van der Waals surface area contributed by atoms with Crippen molar-refractivity contribution in [2.75, 3.05) is 6.54 Å². The van der Waals surface area contributed by atoms with Gasteiger partial charge in [0.15, 0.2) is 6.10 Å². The van der Waals surface area contributed by atoms with Crippen LogP contribution in [0.3, 0.4) is 0 Å². The SMILES string of the molecule is Cc1ccc(C(C)C)cc1OC(C)C(=O)NCC(C)(C)C(=O)O. The lowest BCUT2D eigenvalue weighted by Crippen LogP contribution is -2.43. The average molecular weight is 321 g/mol. The fraction of sp³-hybridized carbons (Fsp3) is 0.556. The van der Waals surface area contributed by atoms with Crippen molar-refractivity contribution in [2.45, 2.75) is 53.6 Å². The second kappa shape index (κ2) is 7.49. The van der Waals surface area contributed by atoms with Crippen LogP contribution in [0.25, 0.3) is 0 Å². The largest absolute Gasteiger partial charge is 0.481 e. The maximum absolute atomic E-state index is 12.1. The van der Waals surface area contributed by atoms with Gasteiger partial charge in [-0.15, -0.1) is 0 Å². The first-order chi connectivity index (χ1) is 10.5. The van der Waals surface area contributed by atoms with Crippen LogP contribution in [0.2, 0.25) is 0 Å². The lowest BCUT2D eigenvalue weighted by molar-refractivity contribution is -0.147. The predicted octanol–water partition coefficient (Wildman–Crippen LogP) is 3.11. The minimum atomic E-state index is -1.01. The summed E-state index contributed by atoms with van der Waals surface area (Å²) in [6.07, 6.45) is -0.694. The monoisotopic (exact) mass is 321 g/mol. The molecule has 1 aromatic rings. The first-order valence-corrected chi connectivity index (χ1v) is 7.83. The molecule has 0 saturated carbocycles. The zero-order chi connectivity index (χ0) is 17.8. The summed E-state index contributed by atoms with van der Waals surface area (Å²) in [6.45, 7) is 11.0. The molecular weight excluding hydrogens is 294 g/mol. The van der Waals surface area contributed by atoms with Gasteiger partial charge in [0, 0.05) is 6.54 Å². The van der Waals surface area contributed by atoms with Crippen LogP contribution in [0.4, 0.5) is 0 Å². The number of aryl methyl sites for hydroxylation is 1. The zero-order valence-electron chi connectivity index (χ0n) is 14.8. The molecule has 1 atom stereocenters. The number of ether oxygens (including phenoxy) is 1. The predicted molar refractivity (Wildman–Crippen MR) is 89.8 cm³/mol. The second-order valence-electron chi connectivity index (χ2n) is 6.85. The molecule has 1 rings (SSSR count). The number of hydrogen-bond acceptors (Lipinski definition) is 3. The fourth-order valence-electron chi connectivity index (χ4n) is 1.87. The van der Waals surface area contributed by atoms with E-state index < -0.39 is 17.5 Å². The molecule has 1 unspecified atom stereocenters. The van der Waals surface area contributed by atoms with E-state index >= 15 is 0 Å². The number of hydrogen-bond donors (Lipinski definition) is 2. The number of aliphatic carboxylic acids is 1. The molecule has 0 fully saturated rings. The number of carboxylic acids is 1. The van der Waals surface area contributed by atoms with Gasteiger partial charge in [-0.1, -0.05) is 26.0 Å². The Hall–Kier alpha value is -2.04. The van der Waals surface area contributed by atoms with Crippen LogP contribution >= 0.6 is 0 Å². The molecule has 0 aliphatic rings. The molecule has 1 amide bonds. The highest BCUT2D eigenvalue weighted by Gasteiger charge is 2.28. The lowest BCUT2D eigenvalue weighted by Gasteiger charge is -2.22. The van der Waals surface area contributed by atoms with E-state index in [1.807, 2.05) is 25.1 Å². The Labute approximate surface area is 138 Å². The van der Waals surface area contributed by atoms with E-state index in [0.29, 0.717) is 11.7 Å². The van der Waals surface area contributed by atoms with Gasteiger partial charge in [-0.25, -0.2) is 0 Å². The molecule has 1 aromatic carbocycles. The maximum atomic E-state index is 12.1. The molecule has 23 heavy (non-hydrogen) atoms. The minimum absolute atomic E-state index is 0.0554. The summed E-state index contributed by atoms with van der Waals surface area (Å²) in [6, 6.07) is 5.97. The van der Waals surface area contributed by atoms with Crippen molar-refractivity contribution < 1.29 is 19.4 Å². The van der Waals surface area contributed by atoms with Gasteiger partial charge in [0.1, 0.15) is 5.75 Å². The molecule has 0 aliphatic carbocycles. The van der Waals surface area contributed by atoms with Crippen LogP contribution in [0, 0.1) is 12.3 Å². The second-order valence-corrected chi connectivity index (χ2v) is 6.85. The Morgan fingerprint density at radius 2 is 1.87 bits per heavy atom. The summed E-state index contributed by atoms with van der Waals surface area (Å²) in [7, 11) is 0. The van der Waals surface area contributed by atoms with E-state index in [2.05, 4.69) is 19.2 Å². The van der Waals surface area contributed by atoms with Crippen LogP contribution in [0.5, 0.6) is 5.75 Å². The van der Waals surface area contributed by atoms with Crippen LogP contribution in [-0.2, 0) is 9.59 Å². The quantitative estimate of drug-likeness (QED) is 0.809. The van der Waals surface area contributed by atoms with Crippen molar-refractivity contribution in [3.63, 3.8) is 0 Å². The molecule has 5 heteroatoms. The third kappa shape index (κ3) is 5.27. The summed E-state index contributed by atoms with van der Waals surface area (Å²) in [5.41, 5.74) is 1.09. The van der Waals surface area contributed by atoms with Crippen molar-refractivity contribution in [1.29, 1.82) is 0 Å². The van der Waals surface area contributed by atoms with Gasteiger partial charge in [0.25, 0.3) is 5.91 Å².